The van der Waals surface area contributed by atoms with Gasteiger partial charge in [-0.25, -0.2) is 4.79 Å². The molecule has 0 aromatic rings. The summed E-state index contributed by atoms with van der Waals surface area (Å²) in [5.41, 5.74) is 0. The number of rotatable bonds is 3. The van der Waals surface area contributed by atoms with Gasteiger partial charge in [0.05, 0.1) is 13.2 Å². The Bertz CT molecular complexity index is 350. The van der Waals surface area contributed by atoms with Gasteiger partial charge in [0, 0.05) is 6.08 Å². The van der Waals surface area contributed by atoms with Gasteiger partial charge in [0.25, 0.3) is 0 Å². The van der Waals surface area contributed by atoms with E-state index in [0.717, 1.165) is 12.2 Å². The number of carbonyl (C=O) groups excluding carboxylic acids is 1. The van der Waals surface area contributed by atoms with Crippen LogP contribution in [0.15, 0.2) is 24.5 Å². The van der Waals surface area contributed by atoms with Gasteiger partial charge >= 0.3 is 5.97 Å². The molecule has 2 rings (SSSR count). The zero-order valence-electron chi connectivity index (χ0n) is 9.11. The fourth-order valence-electron chi connectivity index (χ4n) is 1.90. The predicted octanol–water partition coefficient (Wildman–Crippen LogP) is -0.315. The smallest absolute Gasteiger partial charge is 0.331 e. The van der Waals surface area contributed by atoms with Crippen LogP contribution in [0.5, 0.6) is 0 Å². The number of esters is 1. The van der Waals surface area contributed by atoms with E-state index in [1.54, 1.807) is 0 Å². The summed E-state index contributed by atoms with van der Waals surface area (Å²) in [4.78, 5) is 11.3. The first kappa shape index (κ1) is 12.1. The maximum absolute atomic E-state index is 11.3. The van der Waals surface area contributed by atoms with Crippen molar-refractivity contribution >= 4 is 5.97 Å². The molecule has 0 spiro atoms. The fourth-order valence-corrected chi connectivity index (χ4v) is 1.90. The summed E-state index contributed by atoms with van der Waals surface area (Å²) in [7, 11) is 0. The van der Waals surface area contributed by atoms with Gasteiger partial charge in [-0.3, -0.25) is 0 Å². The molecule has 2 fully saturated rings. The van der Waals surface area contributed by atoms with Crippen molar-refractivity contribution in [2.24, 2.45) is 0 Å². The molecule has 0 saturated carbocycles. The van der Waals surface area contributed by atoms with Crippen molar-refractivity contribution in [2.75, 3.05) is 13.2 Å². The summed E-state index contributed by atoms with van der Waals surface area (Å²) in [6.45, 7) is 3.59. The lowest BCUT2D eigenvalue weighted by molar-refractivity contribution is -0.147. The summed E-state index contributed by atoms with van der Waals surface area (Å²) >= 11 is 0. The Kier molecular flexibility index (Phi) is 3.46. The zero-order valence-corrected chi connectivity index (χ0v) is 9.11. The fraction of sp³-hybridized carbons (Fsp3) is 0.545. The minimum Gasteiger partial charge on any atom is -0.509 e. The molecule has 2 heterocycles. The monoisotopic (exact) mass is 242 g/mol. The quantitative estimate of drug-likeness (QED) is 0.305. The van der Waals surface area contributed by atoms with Crippen molar-refractivity contribution in [1.29, 1.82) is 0 Å². The first-order valence-corrected chi connectivity index (χ1v) is 5.26. The Hall–Kier alpha value is -1.37. The van der Waals surface area contributed by atoms with Crippen molar-refractivity contribution in [3.8, 4) is 0 Å². The maximum atomic E-state index is 11.3. The molecule has 2 saturated heterocycles. The van der Waals surface area contributed by atoms with E-state index in [1.165, 1.54) is 0 Å². The van der Waals surface area contributed by atoms with E-state index in [0.29, 0.717) is 0 Å². The third-order valence-corrected chi connectivity index (χ3v) is 2.66. The maximum Gasteiger partial charge on any atom is 0.331 e. The van der Waals surface area contributed by atoms with Gasteiger partial charge in [-0.1, -0.05) is 6.58 Å². The third-order valence-electron chi connectivity index (χ3n) is 2.66. The molecule has 2 aliphatic rings. The number of aliphatic hydroxyl groups is 2. The van der Waals surface area contributed by atoms with E-state index in [1.807, 2.05) is 0 Å². The highest BCUT2D eigenvalue weighted by molar-refractivity contribution is 5.82. The molecule has 0 unspecified atom stereocenters. The van der Waals surface area contributed by atoms with Gasteiger partial charge in [-0.2, -0.15) is 0 Å². The van der Waals surface area contributed by atoms with Crippen molar-refractivity contribution < 1.29 is 29.2 Å². The molecule has 6 nitrogen and oxygen atoms in total. The Morgan fingerprint density at radius 2 is 2.00 bits per heavy atom. The van der Waals surface area contributed by atoms with Crippen LogP contribution in [0.4, 0.5) is 0 Å². The molecule has 17 heavy (non-hydrogen) atoms. The number of carbonyl (C=O) groups is 1. The second-order valence-corrected chi connectivity index (χ2v) is 3.96. The van der Waals surface area contributed by atoms with E-state index in [-0.39, 0.29) is 19.0 Å². The lowest BCUT2D eigenvalue weighted by Crippen LogP contribution is -2.33. The van der Waals surface area contributed by atoms with E-state index < -0.39 is 30.4 Å². The molecule has 94 valence electrons. The van der Waals surface area contributed by atoms with E-state index in [4.69, 9.17) is 19.3 Å². The Labute approximate surface area is 98.1 Å². The van der Waals surface area contributed by atoms with Crippen LogP contribution in [0, 0.1) is 0 Å². The molecular formula is C11H14O6. The van der Waals surface area contributed by atoms with Gasteiger partial charge < -0.3 is 24.4 Å². The summed E-state index contributed by atoms with van der Waals surface area (Å²) in [6, 6.07) is 0. The minimum atomic E-state index is -0.670. The third kappa shape index (κ3) is 2.66. The number of hydrogen-bond donors (Lipinski definition) is 2. The van der Waals surface area contributed by atoms with Gasteiger partial charge in [0.1, 0.15) is 24.1 Å². The topological polar surface area (TPSA) is 85.2 Å². The van der Waals surface area contributed by atoms with Crippen LogP contribution < -0.4 is 0 Å². The highest BCUT2D eigenvalue weighted by atomic mass is 16.6. The van der Waals surface area contributed by atoms with Crippen LogP contribution in [0.1, 0.15) is 0 Å². The van der Waals surface area contributed by atoms with Crippen molar-refractivity contribution in [3.63, 3.8) is 0 Å². The summed E-state index contributed by atoms with van der Waals surface area (Å²) in [6.07, 6.45) is 0.170. The van der Waals surface area contributed by atoms with Gasteiger partial charge in [-0.15, -0.1) is 0 Å². The number of fused-ring (bicyclic) bond motifs is 1. The largest absolute Gasteiger partial charge is 0.509 e. The molecule has 2 N–H and O–H groups in total. The molecule has 0 amide bonds. The molecular weight excluding hydrogens is 228 g/mol. The molecule has 4 atom stereocenters. The average Bonchev–Trinajstić information content (AvgIpc) is 2.81. The van der Waals surface area contributed by atoms with E-state index in [9.17, 15) is 9.90 Å². The van der Waals surface area contributed by atoms with Crippen LogP contribution in [0.2, 0.25) is 0 Å². The molecule has 2 aliphatic heterocycles. The molecule has 6 heteroatoms. The number of hydrogen-bond acceptors (Lipinski definition) is 6. The standard InChI is InChI=1S/C11H14O6/c1-6(12)2-3-9(14)17-8-5-16-10-7(13)4-15-11(8)10/h2-3,7-8,10-13H,1,4-5H2/t7-,8-,10+,11+/m0/s1. The normalized spacial score (nSPS) is 36.1. The van der Waals surface area contributed by atoms with Gasteiger partial charge in [0.15, 0.2) is 6.10 Å². The summed E-state index contributed by atoms with van der Waals surface area (Å²) < 4.78 is 15.7. The average molecular weight is 242 g/mol. The Morgan fingerprint density at radius 1 is 1.29 bits per heavy atom. The molecule has 0 bridgehead atoms. The number of aliphatic hydroxyl groups excluding tert-OH is 2. The van der Waals surface area contributed by atoms with Crippen LogP contribution in [-0.4, -0.2) is 53.8 Å². The second kappa shape index (κ2) is 4.87. The van der Waals surface area contributed by atoms with Crippen LogP contribution in [0.25, 0.3) is 0 Å². The van der Waals surface area contributed by atoms with Crippen molar-refractivity contribution in [3.05, 3.63) is 24.5 Å². The number of allylic oxidation sites excluding steroid dienone is 1. The van der Waals surface area contributed by atoms with Gasteiger partial charge in [0.2, 0.25) is 0 Å². The SMILES string of the molecule is C=C(O)C=CC(=O)O[C@H]1CO[C@H]2[C@@H]1OC[C@@H]2O. The van der Waals surface area contributed by atoms with Crippen LogP contribution in [-0.2, 0) is 19.0 Å². The second-order valence-electron chi connectivity index (χ2n) is 3.96. The Balaban J connectivity index is 1.88. The molecule has 0 aliphatic carbocycles. The van der Waals surface area contributed by atoms with Crippen LogP contribution in [0.3, 0.4) is 0 Å². The molecule has 0 radical (unpaired) electrons. The highest BCUT2D eigenvalue weighted by Gasteiger charge is 2.48. The molecule has 0 aromatic carbocycles. The summed E-state index contributed by atoms with van der Waals surface area (Å²) in [5, 5.41) is 18.3. The lowest BCUT2D eigenvalue weighted by Gasteiger charge is -2.15. The molecule has 0 aromatic heterocycles. The predicted molar refractivity (Wildman–Crippen MR) is 56.3 cm³/mol. The lowest BCUT2D eigenvalue weighted by atomic mass is 10.1. The van der Waals surface area contributed by atoms with Crippen LogP contribution >= 0.6 is 0 Å². The zero-order chi connectivity index (χ0) is 12.4. The van der Waals surface area contributed by atoms with E-state index >= 15 is 0 Å². The first-order valence-electron chi connectivity index (χ1n) is 5.26. The van der Waals surface area contributed by atoms with Crippen molar-refractivity contribution in [1.82, 2.24) is 0 Å². The number of ether oxygens (including phenoxy) is 3. The summed E-state index contributed by atoms with van der Waals surface area (Å²) in [5.74, 6) is -0.838. The Morgan fingerprint density at radius 3 is 2.71 bits per heavy atom. The van der Waals surface area contributed by atoms with Gasteiger partial charge in [-0.05, 0) is 6.08 Å². The minimum absolute atomic E-state index is 0.187. The highest BCUT2D eigenvalue weighted by Crippen LogP contribution is 2.28. The van der Waals surface area contributed by atoms with E-state index in [2.05, 4.69) is 6.58 Å². The first-order chi connectivity index (χ1) is 8.08. The van der Waals surface area contributed by atoms with Crippen molar-refractivity contribution in [2.45, 2.75) is 24.4 Å².